The first-order valence-corrected chi connectivity index (χ1v) is 8.24. The van der Waals surface area contributed by atoms with E-state index in [4.69, 9.17) is 0 Å². The molecule has 1 fully saturated rings. The Morgan fingerprint density at radius 1 is 0.833 bits per heavy atom. The van der Waals surface area contributed by atoms with Crippen LogP contribution in [-0.4, -0.2) is 41.6 Å². The van der Waals surface area contributed by atoms with Gasteiger partial charge in [0.25, 0.3) is 0 Å². The third kappa shape index (κ3) is 2.66. The highest BCUT2D eigenvalue weighted by Crippen LogP contribution is 2.50. The minimum absolute atomic E-state index is 0.114. The van der Waals surface area contributed by atoms with Crippen LogP contribution in [0.25, 0.3) is 0 Å². The first-order valence-electron chi connectivity index (χ1n) is 8.24. The fraction of sp³-hybridized carbons (Fsp3) is 0.400. The molecule has 2 unspecified atom stereocenters. The smallest absolute Gasteiger partial charge is 0.121 e. The highest BCUT2D eigenvalue weighted by molar-refractivity contribution is 5.55. The van der Waals surface area contributed by atoms with Crippen LogP contribution in [0.1, 0.15) is 34.1 Å². The minimum Gasteiger partial charge on any atom is -0.508 e. The Bertz CT molecular complexity index is 747. The summed E-state index contributed by atoms with van der Waals surface area (Å²) >= 11 is 0. The van der Waals surface area contributed by atoms with E-state index < -0.39 is 18.1 Å². The molecule has 0 aliphatic heterocycles. The van der Waals surface area contributed by atoms with Gasteiger partial charge in [-0.25, -0.2) is 0 Å². The molecule has 2 aromatic rings. The highest BCUT2D eigenvalue weighted by atomic mass is 16.3. The van der Waals surface area contributed by atoms with E-state index in [1.54, 1.807) is 12.1 Å². The van der Waals surface area contributed by atoms with Crippen molar-refractivity contribution in [3.8, 4) is 5.75 Å². The van der Waals surface area contributed by atoms with E-state index in [0.717, 1.165) is 16.8 Å². The predicted molar refractivity (Wildman–Crippen MR) is 95.8 cm³/mol. The molecule has 1 saturated carbocycles. The molecular formula is C20H25NO3. The lowest BCUT2D eigenvalue weighted by Gasteiger charge is -2.47. The van der Waals surface area contributed by atoms with E-state index >= 15 is 0 Å². The molecule has 1 aliphatic carbocycles. The van der Waals surface area contributed by atoms with Crippen LogP contribution < -0.4 is 4.90 Å². The molecule has 0 heterocycles. The van der Waals surface area contributed by atoms with Crippen LogP contribution in [0, 0.1) is 13.8 Å². The zero-order valence-electron chi connectivity index (χ0n) is 14.6. The van der Waals surface area contributed by atoms with E-state index in [2.05, 4.69) is 0 Å². The van der Waals surface area contributed by atoms with Gasteiger partial charge in [0.15, 0.2) is 0 Å². The number of aryl methyl sites for hydroxylation is 2. The molecule has 2 atom stereocenters. The van der Waals surface area contributed by atoms with Crippen LogP contribution in [0.2, 0.25) is 0 Å². The molecule has 0 spiro atoms. The predicted octanol–water partition coefficient (Wildman–Crippen LogP) is 2.68. The molecule has 0 aromatic heterocycles. The van der Waals surface area contributed by atoms with Crippen molar-refractivity contribution in [3.05, 3.63) is 58.7 Å². The van der Waals surface area contributed by atoms with E-state index in [-0.39, 0.29) is 11.7 Å². The Kier molecular flexibility index (Phi) is 4.28. The van der Waals surface area contributed by atoms with Crippen molar-refractivity contribution < 1.29 is 15.3 Å². The van der Waals surface area contributed by atoms with Crippen molar-refractivity contribution in [1.82, 2.24) is 0 Å². The Labute approximate surface area is 143 Å². The lowest BCUT2D eigenvalue weighted by molar-refractivity contribution is -0.0791. The number of nitrogens with zero attached hydrogens (tertiary/aromatic N) is 1. The fourth-order valence-corrected chi connectivity index (χ4v) is 3.53. The average molecular weight is 327 g/mol. The summed E-state index contributed by atoms with van der Waals surface area (Å²) in [5, 5.41) is 31.6. The van der Waals surface area contributed by atoms with Crippen LogP contribution in [0.5, 0.6) is 5.75 Å². The van der Waals surface area contributed by atoms with Crippen molar-refractivity contribution in [1.29, 1.82) is 0 Å². The summed E-state index contributed by atoms with van der Waals surface area (Å²) in [7, 11) is 3.80. The van der Waals surface area contributed by atoms with Gasteiger partial charge in [0.2, 0.25) is 0 Å². The molecule has 3 N–H and O–H groups in total. The molecule has 0 amide bonds. The van der Waals surface area contributed by atoms with Gasteiger partial charge in [0.1, 0.15) is 5.75 Å². The van der Waals surface area contributed by atoms with Crippen LogP contribution in [-0.2, 0) is 0 Å². The van der Waals surface area contributed by atoms with Crippen molar-refractivity contribution in [2.24, 2.45) is 0 Å². The van der Waals surface area contributed by atoms with Crippen molar-refractivity contribution in [2.75, 3.05) is 19.0 Å². The Hall–Kier alpha value is -2.04. The molecule has 1 aliphatic rings. The Morgan fingerprint density at radius 3 is 2.04 bits per heavy atom. The first kappa shape index (κ1) is 16.8. The maximum Gasteiger partial charge on any atom is 0.121 e. The number of anilines is 1. The second-order valence-corrected chi connectivity index (χ2v) is 7.01. The van der Waals surface area contributed by atoms with Gasteiger partial charge in [-0.3, -0.25) is 0 Å². The summed E-state index contributed by atoms with van der Waals surface area (Å²) in [6.07, 6.45) is -1.42. The zero-order valence-corrected chi connectivity index (χ0v) is 14.6. The molecule has 4 nitrogen and oxygen atoms in total. The van der Waals surface area contributed by atoms with Gasteiger partial charge < -0.3 is 20.2 Å². The number of rotatable bonds is 3. The van der Waals surface area contributed by atoms with E-state index in [1.165, 1.54) is 5.56 Å². The molecule has 0 saturated heterocycles. The number of hydrogen-bond donors (Lipinski definition) is 3. The van der Waals surface area contributed by atoms with Gasteiger partial charge in [-0.15, -0.1) is 0 Å². The van der Waals surface area contributed by atoms with E-state index in [9.17, 15) is 15.3 Å². The molecule has 128 valence electrons. The van der Waals surface area contributed by atoms with E-state index in [0.29, 0.717) is 5.56 Å². The topological polar surface area (TPSA) is 63.9 Å². The Balaban J connectivity index is 1.87. The van der Waals surface area contributed by atoms with Gasteiger partial charge >= 0.3 is 0 Å². The molecule has 4 heteroatoms. The van der Waals surface area contributed by atoms with Crippen LogP contribution in [0.4, 0.5) is 5.69 Å². The van der Waals surface area contributed by atoms with Gasteiger partial charge in [-0.2, -0.15) is 0 Å². The summed E-state index contributed by atoms with van der Waals surface area (Å²) in [5.41, 5.74) is 4.76. The minimum atomic E-state index is -0.710. The third-order valence-corrected chi connectivity index (χ3v) is 5.28. The standard InChI is InChI=1S/C20H25NO3/c1-11-5-6-13(9-12(11)2)17-19(23)18(20(17)24)15-8-7-14(21(3)4)10-16(15)22/h5-10,17-20,22-24H,1-4H3. The number of aliphatic hydroxyl groups is 2. The zero-order chi connectivity index (χ0) is 17.6. The molecule has 3 rings (SSSR count). The van der Waals surface area contributed by atoms with Crippen molar-refractivity contribution >= 4 is 5.69 Å². The second-order valence-electron chi connectivity index (χ2n) is 7.01. The van der Waals surface area contributed by atoms with Crippen molar-refractivity contribution in [3.63, 3.8) is 0 Å². The monoisotopic (exact) mass is 327 g/mol. The normalized spacial score (nSPS) is 26.1. The van der Waals surface area contributed by atoms with Gasteiger partial charge in [-0.05, 0) is 36.6 Å². The number of aliphatic hydroxyl groups excluding tert-OH is 2. The van der Waals surface area contributed by atoms with Crippen LogP contribution in [0.15, 0.2) is 36.4 Å². The summed E-state index contributed by atoms with van der Waals surface area (Å²) in [4.78, 5) is 1.90. The van der Waals surface area contributed by atoms with Crippen LogP contribution in [0.3, 0.4) is 0 Å². The molecule has 2 aromatic carbocycles. The highest BCUT2D eigenvalue weighted by Gasteiger charge is 2.51. The number of phenols is 1. The first-order chi connectivity index (χ1) is 11.3. The number of benzene rings is 2. The summed E-state index contributed by atoms with van der Waals surface area (Å²) < 4.78 is 0. The summed E-state index contributed by atoms with van der Waals surface area (Å²) in [5.74, 6) is -0.669. The number of hydrogen-bond acceptors (Lipinski definition) is 4. The quantitative estimate of drug-likeness (QED) is 0.811. The SMILES string of the molecule is Cc1ccc(C2C(O)C(c3ccc(N(C)C)cc3O)C2O)cc1C. The average Bonchev–Trinajstić information content (AvgIpc) is 2.53. The lowest BCUT2D eigenvalue weighted by atomic mass is 9.63. The number of aromatic hydroxyl groups is 1. The van der Waals surface area contributed by atoms with Gasteiger partial charge in [-0.1, -0.05) is 24.3 Å². The fourth-order valence-electron chi connectivity index (χ4n) is 3.53. The summed E-state index contributed by atoms with van der Waals surface area (Å²) in [6.45, 7) is 4.07. The number of phenolic OH excluding ortho intramolecular Hbond substituents is 1. The van der Waals surface area contributed by atoms with Crippen LogP contribution >= 0.6 is 0 Å². The van der Waals surface area contributed by atoms with Gasteiger partial charge in [0.05, 0.1) is 12.2 Å². The summed E-state index contributed by atoms with van der Waals surface area (Å²) in [6, 6.07) is 11.3. The Morgan fingerprint density at radius 2 is 1.50 bits per heavy atom. The largest absolute Gasteiger partial charge is 0.508 e. The molecule has 0 radical (unpaired) electrons. The lowest BCUT2D eigenvalue weighted by Crippen LogP contribution is -2.51. The van der Waals surface area contributed by atoms with E-state index in [1.807, 2.05) is 57.1 Å². The maximum absolute atomic E-state index is 10.6. The van der Waals surface area contributed by atoms with Gasteiger partial charge in [0, 0.05) is 43.2 Å². The maximum atomic E-state index is 10.6. The molecular weight excluding hydrogens is 302 g/mol. The second kappa shape index (κ2) is 6.11. The molecule has 24 heavy (non-hydrogen) atoms. The third-order valence-electron chi connectivity index (χ3n) is 5.28. The molecule has 0 bridgehead atoms. The van der Waals surface area contributed by atoms with Crippen molar-refractivity contribution in [2.45, 2.75) is 37.9 Å².